The first-order valence-corrected chi connectivity index (χ1v) is 8.66. The van der Waals surface area contributed by atoms with E-state index in [1.54, 1.807) is 25.1 Å². The molecule has 9 heteroatoms. The van der Waals surface area contributed by atoms with Crippen LogP contribution in [-0.2, 0) is 17.5 Å². The van der Waals surface area contributed by atoms with Crippen LogP contribution in [0.25, 0.3) is 11.0 Å². The van der Waals surface area contributed by atoms with Crippen molar-refractivity contribution < 1.29 is 27.1 Å². The topological polar surface area (TPSA) is 61.4 Å². The van der Waals surface area contributed by atoms with Crippen molar-refractivity contribution in [3.63, 3.8) is 0 Å². The Hall–Kier alpha value is -2.55. The van der Waals surface area contributed by atoms with Gasteiger partial charge in [-0.25, -0.2) is 4.79 Å². The number of nitrogens with zero attached hydrogens (tertiary/aromatic N) is 1. The van der Waals surface area contributed by atoms with Crippen molar-refractivity contribution in [2.24, 2.45) is 0 Å². The highest BCUT2D eigenvalue weighted by Crippen LogP contribution is 2.30. The highest BCUT2D eigenvalue weighted by Gasteiger charge is 2.34. The second-order valence-electron chi connectivity index (χ2n) is 5.62. The molecular formula is C18H13BrF3NO4. The Morgan fingerprint density at radius 1 is 1.30 bits per heavy atom. The highest BCUT2D eigenvalue weighted by molar-refractivity contribution is 9.10. The number of fused-ring (bicyclic) bond motifs is 1. The maximum atomic E-state index is 13.0. The molecule has 0 N–H and O–H groups in total. The van der Waals surface area contributed by atoms with Gasteiger partial charge in [0.05, 0.1) is 13.2 Å². The summed E-state index contributed by atoms with van der Waals surface area (Å²) in [5.74, 6) is -0.894. The molecule has 1 aromatic carbocycles. The fourth-order valence-electron chi connectivity index (χ4n) is 2.69. The first kappa shape index (κ1) is 19.2. The molecule has 0 aliphatic carbocycles. The molecule has 0 atom stereocenters. The molecule has 0 unspecified atom stereocenters. The number of pyridine rings is 1. The third-order valence-corrected chi connectivity index (χ3v) is 4.36. The Bertz CT molecular complexity index is 1070. The maximum absolute atomic E-state index is 13.0. The number of aromatic nitrogens is 1. The van der Waals surface area contributed by atoms with Gasteiger partial charge in [-0.15, -0.1) is 0 Å². The number of alkyl halides is 3. The van der Waals surface area contributed by atoms with Crippen LogP contribution in [0.3, 0.4) is 0 Å². The third kappa shape index (κ3) is 3.78. The number of esters is 1. The van der Waals surface area contributed by atoms with E-state index in [4.69, 9.17) is 9.15 Å². The van der Waals surface area contributed by atoms with E-state index in [1.807, 2.05) is 0 Å². The van der Waals surface area contributed by atoms with E-state index in [-0.39, 0.29) is 24.5 Å². The van der Waals surface area contributed by atoms with E-state index in [2.05, 4.69) is 15.9 Å². The number of carbonyl (C=O) groups is 1. The van der Waals surface area contributed by atoms with Crippen LogP contribution in [-0.4, -0.2) is 17.1 Å². The van der Waals surface area contributed by atoms with Crippen molar-refractivity contribution in [3.8, 4) is 0 Å². The minimum absolute atomic E-state index is 0.0997. The van der Waals surface area contributed by atoms with Gasteiger partial charge in [0.1, 0.15) is 11.1 Å². The number of ether oxygens (including phenoxy) is 1. The Morgan fingerprint density at radius 3 is 2.70 bits per heavy atom. The number of benzene rings is 1. The van der Waals surface area contributed by atoms with Gasteiger partial charge in [-0.1, -0.05) is 15.9 Å². The molecular weight excluding hydrogens is 431 g/mol. The van der Waals surface area contributed by atoms with Crippen LogP contribution >= 0.6 is 15.9 Å². The molecule has 0 saturated heterocycles. The Balaban J connectivity index is 2.17. The first-order chi connectivity index (χ1) is 12.7. The monoisotopic (exact) mass is 443 g/mol. The molecule has 0 bridgehead atoms. The van der Waals surface area contributed by atoms with Gasteiger partial charge in [-0.05, 0) is 37.3 Å². The molecule has 0 amide bonds. The van der Waals surface area contributed by atoms with Gasteiger partial charge in [0.25, 0.3) is 5.56 Å². The molecule has 0 radical (unpaired) electrons. The molecule has 2 heterocycles. The number of hydrogen-bond donors (Lipinski definition) is 0. The van der Waals surface area contributed by atoms with Crippen molar-refractivity contribution in [2.75, 3.05) is 6.61 Å². The predicted octanol–water partition coefficient (Wildman–Crippen LogP) is 4.60. The molecule has 27 heavy (non-hydrogen) atoms. The van der Waals surface area contributed by atoms with Crippen LogP contribution in [0.5, 0.6) is 0 Å². The van der Waals surface area contributed by atoms with E-state index in [0.29, 0.717) is 15.4 Å². The van der Waals surface area contributed by atoms with E-state index in [0.717, 1.165) is 16.7 Å². The minimum Gasteiger partial charge on any atom is -0.460 e. The number of carbonyl (C=O) groups excluding carboxylic acids is 1. The summed E-state index contributed by atoms with van der Waals surface area (Å²) >= 11 is 3.31. The standard InChI is InChI=1S/C18H13BrF3NO4/c1-2-26-17(25)15-12(11-8-10(19)5-6-14(11)27-15)9-23-7-3-4-13(16(23)24)18(20,21)22/h3-8H,2,9H2,1H3. The minimum atomic E-state index is -4.77. The van der Waals surface area contributed by atoms with Crippen molar-refractivity contribution in [1.82, 2.24) is 4.57 Å². The van der Waals surface area contributed by atoms with Crippen LogP contribution in [0.1, 0.15) is 28.6 Å². The number of halogens is 4. The molecule has 0 fully saturated rings. The van der Waals surface area contributed by atoms with Gasteiger partial charge in [0.2, 0.25) is 5.76 Å². The van der Waals surface area contributed by atoms with Gasteiger partial charge in [0.15, 0.2) is 0 Å². The van der Waals surface area contributed by atoms with E-state index in [1.165, 1.54) is 6.20 Å². The van der Waals surface area contributed by atoms with Crippen molar-refractivity contribution in [1.29, 1.82) is 0 Å². The summed E-state index contributed by atoms with van der Waals surface area (Å²) in [5, 5.41) is 0.497. The summed E-state index contributed by atoms with van der Waals surface area (Å²) in [6.07, 6.45) is -3.55. The first-order valence-electron chi connectivity index (χ1n) is 7.87. The lowest BCUT2D eigenvalue weighted by Gasteiger charge is -2.10. The molecule has 0 aliphatic rings. The van der Waals surface area contributed by atoms with E-state index >= 15 is 0 Å². The second kappa shape index (κ2) is 7.22. The molecule has 142 valence electrons. The molecule has 5 nitrogen and oxygen atoms in total. The normalized spacial score (nSPS) is 11.7. The van der Waals surface area contributed by atoms with Crippen LogP contribution in [0.4, 0.5) is 13.2 Å². The largest absolute Gasteiger partial charge is 0.460 e. The van der Waals surface area contributed by atoms with Crippen molar-refractivity contribution >= 4 is 32.9 Å². The van der Waals surface area contributed by atoms with Crippen LogP contribution in [0.15, 0.2) is 50.2 Å². The van der Waals surface area contributed by atoms with Crippen LogP contribution in [0, 0.1) is 0 Å². The number of hydrogen-bond acceptors (Lipinski definition) is 4. The Morgan fingerprint density at radius 2 is 2.04 bits per heavy atom. The van der Waals surface area contributed by atoms with Gasteiger partial charge in [-0.3, -0.25) is 4.79 Å². The highest BCUT2D eigenvalue weighted by atomic mass is 79.9. The zero-order chi connectivity index (χ0) is 19.8. The lowest BCUT2D eigenvalue weighted by Crippen LogP contribution is -2.28. The summed E-state index contributed by atoms with van der Waals surface area (Å²) < 4.78 is 51.1. The van der Waals surface area contributed by atoms with Crippen LogP contribution in [0.2, 0.25) is 0 Å². The maximum Gasteiger partial charge on any atom is 0.421 e. The average Bonchev–Trinajstić information content (AvgIpc) is 2.94. The molecule has 3 rings (SSSR count). The second-order valence-corrected chi connectivity index (χ2v) is 6.54. The lowest BCUT2D eigenvalue weighted by atomic mass is 10.1. The quantitative estimate of drug-likeness (QED) is 0.552. The SMILES string of the molecule is CCOC(=O)c1oc2ccc(Br)cc2c1Cn1cccc(C(F)(F)F)c1=O. The molecule has 2 aromatic heterocycles. The summed E-state index contributed by atoms with van der Waals surface area (Å²) in [6.45, 7) is 1.44. The van der Waals surface area contributed by atoms with Gasteiger partial charge >= 0.3 is 12.1 Å². The number of furan rings is 1. The van der Waals surface area contributed by atoms with Crippen molar-refractivity contribution in [3.05, 3.63) is 68.2 Å². The molecule has 0 saturated carbocycles. The lowest BCUT2D eigenvalue weighted by molar-refractivity contribution is -0.138. The average molecular weight is 444 g/mol. The summed E-state index contributed by atoms with van der Waals surface area (Å²) in [5.41, 5.74) is -1.86. The predicted molar refractivity (Wildman–Crippen MR) is 94.7 cm³/mol. The number of rotatable bonds is 4. The van der Waals surface area contributed by atoms with Crippen molar-refractivity contribution in [2.45, 2.75) is 19.6 Å². The third-order valence-electron chi connectivity index (χ3n) is 3.87. The molecule has 0 spiro atoms. The summed E-state index contributed by atoms with van der Waals surface area (Å²) in [6, 6.07) is 6.82. The van der Waals surface area contributed by atoms with E-state index < -0.39 is 23.3 Å². The fourth-order valence-corrected chi connectivity index (χ4v) is 3.05. The fraction of sp³-hybridized carbons (Fsp3) is 0.222. The van der Waals surface area contributed by atoms with Gasteiger partial charge < -0.3 is 13.7 Å². The Kier molecular flexibility index (Phi) is 5.14. The van der Waals surface area contributed by atoms with E-state index in [9.17, 15) is 22.8 Å². The van der Waals surface area contributed by atoms with Crippen LogP contribution < -0.4 is 5.56 Å². The molecule has 0 aliphatic heterocycles. The summed E-state index contributed by atoms with van der Waals surface area (Å²) in [7, 11) is 0. The Labute approximate surface area is 159 Å². The smallest absolute Gasteiger partial charge is 0.421 e. The summed E-state index contributed by atoms with van der Waals surface area (Å²) in [4.78, 5) is 24.5. The zero-order valence-electron chi connectivity index (χ0n) is 14.0. The molecule has 3 aromatic rings. The van der Waals surface area contributed by atoms with Gasteiger partial charge in [-0.2, -0.15) is 13.2 Å². The zero-order valence-corrected chi connectivity index (χ0v) is 15.6. The van der Waals surface area contributed by atoms with Gasteiger partial charge in [0, 0.05) is 21.6 Å².